The monoisotopic (exact) mass is 354 g/mol. The van der Waals surface area contributed by atoms with Crippen LogP contribution in [0.15, 0.2) is 22.7 Å². The fraction of sp³-hybridized carbons (Fsp3) is 0.562. The summed E-state index contributed by atoms with van der Waals surface area (Å²) < 4.78 is 3.46. The number of hydrogen-bond acceptors (Lipinski definition) is 1. The standard InChI is InChI=1S/C16H20BrClN2/c1-10(18)16-19-14-8-7-13(17)9-15(14)20(16)11(2)12-5-3-4-6-12/h7-12H,3-6H2,1-2H3. The number of fused-ring (bicyclic) bond motifs is 1. The van der Waals surface area contributed by atoms with E-state index in [9.17, 15) is 0 Å². The SMILES string of the molecule is CC(Cl)c1nc2ccc(Br)cc2n1C(C)C1CCCC1. The third kappa shape index (κ3) is 2.50. The Morgan fingerprint density at radius 3 is 2.65 bits per heavy atom. The van der Waals surface area contributed by atoms with Crippen molar-refractivity contribution in [2.75, 3.05) is 0 Å². The predicted octanol–water partition coefficient (Wildman–Crippen LogP) is 5.85. The van der Waals surface area contributed by atoms with Gasteiger partial charge in [0, 0.05) is 10.5 Å². The highest BCUT2D eigenvalue weighted by Gasteiger charge is 2.27. The van der Waals surface area contributed by atoms with Gasteiger partial charge in [-0.1, -0.05) is 28.8 Å². The van der Waals surface area contributed by atoms with Crippen molar-refractivity contribution in [3.05, 3.63) is 28.5 Å². The molecule has 1 aromatic heterocycles. The molecule has 0 amide bonds. The summed E-state index contributed by atoms with van der Waals surface area (Å²) in [5, 5.41) is -0.0648. The number of aromatic nitrogens is 2. The highest BCUT2D eigenvalue weighted by Crippen LogP contribution is 2.38. The molecule has 3 rings (SSSR count). The fourth-order valence-electron chi connectivity index (χ4n) is 3.44. The number of imidazole rings is 1. The molecule has 0 radical (unpaired) electrons. The van der Waals surface area contributed by atoms with Gasteiger partial charge in [-0.25, -0.2) is 4.98 Å². The van der Waals surface area contributed by atoms with Crippen molar-refractivity contribution in [3.8, 4) is 0 Å². The Balaban J connectivity index is 2.14. The normalized spacial score (nSPS) is 19.6. The van der Waals surface area contributed by atoms with Gasteiger partial charge in [-0.2, -0.15) is 0 Å². The highest BCUT2D eigenvalue weighted by molar-refractivity contribution is 9.10. The van der Waals surface area contributed by atoms with Crippen molar-refractivity contribution >= 4 is 38.6 Å². The lowest BCUT2D eigenvalue weighted by Gasteiger charge is -2.24. The maximum absolute atomic E-state index is 6.38. The summed E-state index contributed by atoms with van der Waals surface area (Å²) in [7, 11) is 0. The van der Waals surface area contributed by atoms with Gasteiger partial charge in [-0.3, -0.25) is 0 Å². The Kier molecular flexibility index (Phi) is 4.09. The predicted molar refractivity (Wildman–Crippen MR) is 88.4 cm³/mol. The van der Waals surface area contributed by atoms with E-state index in [1.165, 1.54) is 31.2 Å². The molecule has 0 aliphatic heterocycles. The van der Waals surface area contributed by atoms with Gasteiger partial charge in [0.15, 0.2) is 0 Å². The first-order valence-corrected chi connectivity index (χ1v) is 8.62. The van der Waals surface area contributed by atoms with Gasteiger partial charge in [0.1, 0.15) is 5.82 Å². The van der Waals surface area contributed by atoms with Crippen molar-refractivity contribution in [1.29, 1.82) is 0 Å². The van der Waals surface area contributed by atoms with Crippen LogP contribution in [0.3, 0.4) is 0 Å². The van der Waals surface area contributed by atoms with Crippen LogP contribution in [0.5, 0.6) is 0 Å². The van der Waals surface area contributed by atoms with Crippen molar-refractivity contribution < 1.29 is 0 Å². The van der Waals surface area contributed by atoms with Gasteiger partial charge in [-0.15, -0.1) is 11.6 Å². The molecule has 1 heterocycles. The molecule has 1 fully saturated rings. The molecule has 0 bridgehead atoms. The van der Waals surface area contributed by atoms with Crippen LogP contribution in [0.25, 0.3) is 11.0 Å². The van der Waals surface area contributed by atoms with Gasteiger partial charge in [0.2, 0.25) is 0 Å². The number of rotatable bonds is 3. The van der Waals surface area contributed by atoms with Gasteiger partial charge in [-0.05, 0) is 50.8 Å². The van der Waals surface area contributed by atoms with E-state index in [0.717, 1.165) is 21.7 Å². The first-order chi connectivity index (χ1) is 9.58. The second kappa shape index (κ2) is 5.69. The molecule has 1 aliphatic rings. The molecule has 0 saturated heterocycles. The average molecular weight is 356 g/mol. The minimum Gasteiger partial charge on any atom is -0.324 e. The third-order valence-electron chi connectivity index (χ3n) is 4.52. The van der Waals surface area contributed by atoms with Crippen LogP contribution in [0, 0.1) is 5.92 Å². The quantitative estimate of drug-likeness (QED) is 0.631. The van der Waals surface area contributed by atoms with Crippen molar-refractivity contribution in [2.24, 2.45) is 5.92 Å². The van der Waals surface area contributed by atoms with E-state index in [0.29, 0.717) is 6.04 Å². The lowest BCUT2D eigenvalue weighted by Crippen LogP contribution is -2.17. The largest absolute Gasteiger partial charge is 0.324 e. The minimum absolute atomic E-state index is 0.0648. The molecule has 20 heavy (non-hydrogen) atoms. The lowest BCUT2D eigenvalue weighted by molar-refractivity contribution is 0.359. The average Bonchev–Trinajstić information content (AvgIpc) is 3.04. The Morgan fingerprint density at radius 2 is 2.00 bits per heavy atom. The van der Waals surface area contributed by atoms with Crippen molar-refractivity contribution in [1.82, 2.24) is 9.55 Å². The zero-order valence-corrected chi connectivity index (χ0v) is 14.3. The van der Waals surface area contributed by atoms with E-state index in [1.807, 2.05) is 13.0 Å². The highest BCUT2D eigenvalue weighted by atomic mass is 79.9. The number of alkyl halides is 1. The van der Waals surface area contributed by atoms with Gasteiger partial charge < -0.3 is 4.57 Å². The van der Waals surface area contributed by atoms with Crippen LogP contribution in [0.2, 0.25) is 0 Å². The van der Waals surface area contributed by atoms with Crippen LogP contribution in [0.1, 0.15) is 56.8 Å². The summed E-state index contributed by atoms with van der Waals surface area (Å²) in [6, 6.07) is 6.74. The number of hydrogen-bond donors (Lipinski definition) is 0. The van der Waals surface area contributed by atoms with Crippen LogP contribution in [-0.4, -0.2) is 9.55 Å². The van der Waals surface area contributed by atoms with E-state index < -0.39 is 0 Å². The fourth-order valence-corrected chi connectivity index (χ4v) is 3.95. The van der Waals surface area contributed by atoms with Crippen molar-refractivity contribution in [3.63, 3.8) is 0 Å². The molecule has 2 unspecified atom stereocenters. The Labute approximate surface area is 133 Å². The van der Waals surface area contributed by atoms with E-state index in [4.69, 9.17) is 16.6 Å². The first-order valence-electron chi connectivity index (χ1n) is 7.39. The number of halogens is 2. The third-order valence-corrected chi connectivity index (χ3v) is 5.21. The van der Waals surface area contributed by atoms with Crippen LogP contribution < -0.4 is 0 Å². The van der Waals surface area contributed by atoms with E-state index in [-0.39, 0.29) is 5.38 Å². The van der Waals surface area contributed by atoms with Gasteiger partial charge in [0.05, 0.1) is 16.4 Å². The topological polar surface area (TPSA) is 17.8 Å². The minimum atomic E-state index is -0.0648. The Morgan fingerprint density at radius 1 is 1.30 bits per heavy atom. The maximum atomic E-state index is 6.38. The van der Waals surface area contributed by atoms with Gasteiger partial charge >= 0.3 is 0 Å². The number of nitrogens with zero attached hydrogens (tertiary/aromatic N) is 2. The van der Waals surface area contributed by atoms with Crippen LogP contribution >= 0.6 is 27.5 Å². The molecular weight excluding hydrogens is 336 g/mol. The lowest BCUT2D eigenvalue weighted by atomic mass is 9.99. The second-order valence-electron chi connectivity index (χ2n) is 5.87. The molecule has 0 spiro atoms. The number of benzene rings is 1. The molecule has 2 aromatic rings. The van der Waals surface area contributed by atoms with E-state index >= 15 is 0 Å². The smallest absolute Gasteiger partial charge is 0.127 e. The van der Waals surface area contributed by atoms with E-state index in [2.05, 4.69) is 39.6 Å². The second-order valence-corrected chi connectivity index (χ2v) is 7.44. The zero-order valence-electron chi connectivity index (χ0n) is 11.9. The molecule has 1 aromatic carbocycles. The summed E-state index contributed by atoms with van der Waals surface area (Å²) in [6.07, 6.45) is 5.37. The molecule has 1 aliphatic carbocycles. The summed E-state index contributed by atoms with van der Waals surface area (Å²) in [5.74, 6) is 1.75. The summed E-state index contributed by atoms with van der Waals surface area (Å²) in [4.78, 5) is 4.76. The zero-order chi connectivity index (χ0) is 14.3. The van der Waals surface area contributed by atoms with Crippen LogP contribution in [0.4, 0.5) is 0 Å². The molecular formula is C16H20BrClN2. The van der Waals surface area contributed by atoms with Crippen LogP contribution in [-0.2, 0) is 0 Å². The molecule has 2 nitrogen and oxygen atoms in total. The maximum Gasteiger partial charge on any atom is 0.127 e. The summed E-state index contributed by atoms with van der Waals surface area (Å²) in [5.41, 5.74) is 2.24. The van der Waals surface area contributed by atoms with E-state index in [1.54, 1.807) is 0 Å². The molecule has 2 atom stereocenters. The Hall–Kier alpha value is -0.540. The molecule has 1 saturated carbocycles. The van der Waals surface area contributed by atoms with Gasteiger partial charge in [0.25, 0.3) is 0 Å². The molecule has 0 N–H and O–H groups in total. The van der Waals surface area contributed by atoms with Crippen molar-refractivity contribution in [2.45, 2.75) is 50.9 Å². The molecule has 4 heteroatoms. The Bertz CT molecular complexity index is 614. The first kappa shape index (κ1) is 14.4. The molecule has 108 valence electrons. The summed E-state index contributed by atoms with van der Waals surface area (Å²) >= 11 is 9.95. The summed E-state index contributed by atoms with van der Waals surface area (Å²) in [6.45, 7) is 4.33.